The lowest BCUT2D eigenvalue weighted by Crippen LogP contribution is -2.39. The summed E-state index contributed by atoms with van der Waals surface area (Å²) < 4.78 is 7.14. The number of amides is 1. The minimum atomic E-state index is -0.0388. The number of aromatic nitrogens is 3. The van der Waals surface area contributed by atoms with Gasteiger partial charge in [0.15, 0.2) is 5.65 Å². The molecule has 2 aromatic heterocycles. The molecule has 5 rings (SSSR count). The van der Waals surface area contributed by atoms with Crippen molar-refractivity contribution in [3.63, 3.8) is 0 Å². The van der Waals surface area contributed by atoms with Gasteiger partial charge in [0.25, 0.3) is 0 Å². The molecule has 1 fully saturated rings. The zero-order chi connectivity index (χ0) is 23.7. The van der Waals surface area contributed by atoms with E-state index in [1.807, 2.05) is 66.0 Å². The molecule has 1 saturated heterocycles. The highest BCUT2D eigenvalue weighted by Gasteiger charge is 2.27. The Hall–Kier alpha value is -3.58. The van der Waals surface area contributed by atoms with Gasteiger partial charge in [0, 0.05) is 59.2 Å². The average Bonchev–Trinajstić information content (AvgIpc) is 3.28. The molecule has 34 heavy (non-hydrogen) atoms. The molecular weight excluding hydrogens is 450 g/mol. The van der Waals surface area contributed by atoms with Crippen LogP contribution in [0.1, 0.15) is 18.5 Å². The van der Waals surface area contributed by atoms with E-state index in [1.165, 1.54) is 0 Å². The zero-order valence-electron chi connectivity index (χ0n) is 19.2. The standard InChI is InChI=1S/C26H26ClN5O2/c1-17-14-25(32-24(28-17)16-23(30-32)18-6-8-20(27)9-7-18)31-12-10-19(11-13-31)26(33)29-21-4-3-5-22(15-21)34-2/h3-9,14-16,19H,10-13H2,1-2H3,(H,29,33). The molecule has 1 amide bonds. The summed E-state index contributed by atoms with van der Waals surface area (Å²) in [5.41, 5.74) is 4.33. The summed E-state index contributed by atoms with van der Waals surface area (Å²) >= 11 is 6.04. The van der Waals surface area contributed by atoms with Gasteiger partial charge in [0.1, 0.15) is 11.6 Å². The van der Waals surface area contributed by atoms with Crippen molar-refractivity contribution in [3.05, 3.63) is 71.4 Å². The summed E-state index contributed by atoms with van der Waals surface area (Å²) in [4.78, 5) is 19.8. The second-order valence-electron chi connectivity index (χ2n) is 8.54. The number of methoxy groups -OCH3 is 1. The fourth-order valence-electron chi connectivity index (χ4n) is 4.38. The van der Waals surface area contributed by atoms with Crippen molar-refractivity contribution >= 4 is 34.7 Å². The molecule has 1 aliphatic heterocycles. The Kier molecular flexibility index (Phi) is 6.11. The first-order valence-corrected chi connectivity index (χ1v) is 11.7. The third kappa shape index (κ3) is 4.56. The number of carbonyl (C=O) groups excluding carboxylic acids is 1. The Labute approximate surface area is 203 Å². The number of nitrogens with one attached hydrogen (secondary N) is 1. The van der Waals surface area contributed by atoms with Crippen LogP contribution in [0.5, 0.6) is 5.75 Å². The minimum absolute atomic E-state index is 0.0388. The number of carbonyl (C=O) groups is 1. The molecule has 0 spiro atoms. The zero-order valence-corrected chi connectivity index (χ0v) is 19.9. The number of hydrogen-bond acceptors (Lipinski definition) is 5. The number of ether oxygens (including phenoxy) is 1. The van der Waals surface area contributed by atoms with Crippen LogP contribution in [-0.2, 0) is 4.79 Å². The SMILES string of the molecule is COc1cccc(NC(=O)C2CCN(c3cc(C)nc4cc(-c5ccc(Cl)cc5)nn34)CC2)c1. The maximum Gasteiger partial charge on any atom is 0.227 e. The Morgan fingerprint density at radius 3 is 2.59 bits per heavy atom. The van der Waals surface area contributed by atoms with E-state index in [9.17, 15) is 4.79 Å². The summed E-state index contributed by atoms with van der Waals surface area (Å²) in [6.45, 7) is 3.53. The number of nitrogens with zero attached hydrogens (tertiary/aromatic N) is 4. The summed E-state index contributed by atoms with van der Waals surface area (Å²) in [6.07, 6.45) is 1.54. The van der Waals surface area contributed by atoms with Crippen LogP contribution in [0.25, 0.3) is 16.9 Å². The number of fused-ring (bicyclic) bond motifs is 1. The van der Waals surface area contributed by atoms with Gasteiger partial charge in [-0.1, -0.05) is 29.8 Å². The van der Waals surface area contributed by atoms with E-state index in [0.717, 1.165) is 65.8 Å². The van der Waals surface area contributed by atoms with Crippen LogP contribution < -0.4 is 15.0 Å². The molecule has 0 radical (unpaired) electrons. The molecule has 174 valence electrons. The first-order chi connectivity index (χ1) is 16.5. The van der Waals surface area contributed by atoms with Crippen molar-refractivity contribution in [3.8, 4) is 17.0 Å². The molecule has 3 heterocycles. The van der Waals surface area contributed by atoms with E-state index < -0.39 is 0 Å². The third-order valence-electron chi connectivity index (χ3n) is 6.20. The van der Waals surface area contributed by atoms with Crippen LogP contribution >= 0.6 is 11.6 Å². The first-order valence-electron chi connectivity index (χ1n) is 11.3. The van der Waals surface area contributed by atoms with Crippen LogP contribution in [0.15, 0.2) is 60.7 Å². The molecule has 0 atom stereocenters. The van der Waals surface area contributed by atoms with Crippen LogP contribution in [0.4, 0.5) is 11.5 Å². The van der Waals surface area contributed by atoms with Crippen LogP contribution in [0.3, 0.4) is 0 Å². The Morgan fingerprint density at radius 2 is 1.85 bits per heavy atom. The monoisotopic (exact) mass is 475 g/mol. The highest BCUT2D eigenvalue weighted by molar-refractivity contribution is 6.30. The molecule has 1 aliphatic rings. The van der Waals surface area contributed by atoms with Crippen molar-refractivity contribution in [1.82, 2.24) is 14.6 Å². The second-order valence-corrected chi connectivity index (χ2v) is 8.98. The quantitative estimate of drug-likeness (QED) is 0.428. The van der Waals surface area contributed by atoms with Crippen molar-refractivity contribution in [2.24, 2.45) is 5.92 Å². The molecule has 4 aromatic rings. The lowest BCUT2D eigenvalue weighted by Gasteiger charge is -2.33. The molecule has 0 saturated carbocycles. The number of halogens is 1. The van der Waals surface area contributed by atoms with E-state index in [2.05, 4.69) is 21.3 Å². The van der Waals surface area contributed by atoms with Gasteiger partial charge in [-0.3, -0.25) is 4.79 Å². The highest BCUT2D eigenvalue weighted by atomic mass is 35.5. The van der Waals surface area contributed by atoms with E-state index in [0.29, 0.717) is 5.02 Å². The summed E-state index contributed by atoms with van der Waals surface area (Å²) in [5.74, 6) is 1.73. The minimum Gasteiger partial charge on any atom is -0.497 e. The lowest BCUT2D eigenvalue weighted by atomic mass is 9.95. The van der Waals surface area contributed by atoms with Gasteiger partial charge in [-0.05, 0) is 44.0 Å². The van der Waals surface area contributed by atoms with Gasteiger partial charge < -0.3 is 15.0 Å². The van der Waals surface area contributed by atoms with E-state index >= 15 is 0 Å². The first kappa shape index (κ1) is 22.2. The fourth-order valence-corrected chi connectivity index (χ4v) is 4.51. The smallest absolute Gasteiger partial charge is 0.227 e. The summed E-state index contributed by atoms with van der Waals surface area (Å²) in [7, 11) is 1.62. The van der Waals surface area contributed by atoms with E-state index in [4.69, 9.17) is 21.4 Å². The number of anilines is 2. The Bertz CT molecular complexity index is 1330. The van der Waals surface area contributed by atoms with E-state index in [1.54, 1.807) is 7.11 Å². The number of aryl methyl sites for hydroxylation is 1. The van der Waals surface area contributed by atoms with Gasteiger partial charge in [-0.15, -0.1) is 0 Å². The summed E-state index contributed by atoms with van der Waals surface area (Å²) in [6, 6.07) is 19.1. The largest absolute Gasteiger partial charge is 0.497 e. The van der Waals surface area contributed by atoms with Gasteiger partial charge in [-0.2, -0.15) is 9.61 Å². The molecule has 8 heteroatoms. The Morgan fingerprint density at radius 1 is 1.09 bits per heavy atom. The lowest BCUT2D eigenvalue weighted by molar-refractivity contribution is -0.120. The molecule has 2 aromatic carbocycles. The molecule has 7 nitrogen and oxygen atoms in total. The van der Waals surface area contributed by atoms with Crippen molar-refractivity contribution in [1.29, 1.82) is 0 Å². The van der Waals surface area contributed by atoms with Gasteiger partial charge in [0.2, 0.25) is 5.91 Å². The maximum atomic E-state index is 12.9. The highest BCUT2D eigenvalue weighted by Crippen LogP contribution is 2.28. The van der Waals surface area contributed by atoms with Crippen LogP contribution in [0, 0.1) is 12.8 Å². The Balaban J connectivity index is 1.32. The number of piperidine rings is 1. The number of benzene rings is 2. The van der Waals surface area contributed by atoms with Crippen molar-refractivity contribution in [2.75, 3.05) is 30.4 Å². The fraction of sp³-hybridized carbons (Fsp3) is 0.269. The predicted octanol–water partition coefficient (Wildman–Crippen LogP) is 5.22. The number of rotatable bonds is 5. The predicted molar refractivity (Wildman–Crippen MR) is 135 cm³/mol. The summed E-state index contributed by atoms with van der Waals surface area (Å²) in [5, 5.41) is 8.56. The normalized spacial score (nSPS) is 14.4. The van der Waals surface area contributed by atoms with Crippen molar-refractivity contribution < 1.29 is 9.53 Å². The van der Waals surface area contributed by atoms with Gasteiger partial charge in [-0.25, -0.2) is 4.98 Å². The molecule has 0 aliphatic carbocycles. The number of hydrogen-bond donors (Lipinski definition) is 1. The van der Waals surface area contributed by atoms with E-state index in [-0.39, 0.29) is 11.8 Å². The van der Waals surface area contributed by atoms with Gasteiger partial charge in [0.05, 0.1) is 12.8 Å². The molecular formula is C26H26ClN5O2. The molecule has 1 N–H and O–H groups in total. The molecule has 0 unspecified atom stereocenters. The van der Waals surface area contributed by atoms with Crippen LogP contribution in [0.2, 0.25) is 5.02 Å². The maximum absolute atomic E-state index is 12.9. The average molecular weight is 476 g/mol. The van der Waals surface area contributed by atoms with Gasteiger partial charge >= 0.3 is 0 Å². The molecule has 0 bridgehead atoms. The van der Waals surface area contributed by atoms with Crippen molar-refractivity contribution in [2.45, 2.75) is 19.8 Å². The third-order valence-corrected chi connectivity index (χ3v) is 6.46. The van der Waals surface area contributed by atoms with Crippen LogP contribution in [-0.4, -0.2) is 40.7 Å². The second kappa shape index (κ2) is 9.35. The topological polar surface area (TPSA) is 71.8 Å².